The zero-order chi connectivity index (χ0) is 16.5. The number of nitrogen functional groups attached to an aromatic ring is 1. The van der Waals surface area contributed by atoms with Crippen LogP contribution in [0.5, 0.6) is 0 Å². The van der Waals surface area contributed by atoms with Crippen LogP contribution in [0.2, 0.25) is 0 Å². The van der Waals surface area contributed by atoms with Crippen LogP contribution in [0, 0.1) is 0 Å². The minimum Gasteiger partial charge on any atom is -0.290 e. The van der Waals surface area contributed by atoms with Crippen LogP contribution >= 0.6 is 0 Å². The summed E-state index contributed by atoms with van der Waals surface area (Å²) in [5, 5.41) is 3.08. The van der Waals surface area contributed by atoms with E-state index in [0.717, 1.165) is 27.5 Å². The van der Waals surface area contributed by atoms with Gasteiger partial charge < -0.3 is 0 Å². The lowest BCUT2D eigenvalue weighted by atomic mass is 10.0. The second-order valence-electron chi connectivity index (χ2n) is 5.61. The van der Waals surface area contributed by atoms with Crippen molar-refractivity contribution in [3.63, 3.8) is 0 Å². The van der Waals surface area contributed by atoms with Crippen molar-refractivity contribution in [3.05, 3.63) is 78.4 Å². The van der Waals surface area contributed by atoms with Crippen molar-refractivity contribution in [1.29, 1.82) is 0 Å². The van der Waals surface area contributed by atoms with Crippen molar-refractivity contribution in [1.82, 2.24) is 10.4 Å². The molecule has 0 spiro atoms. The molecule has 0 aliphatic heterocycles. The number of carbonyl (C=O) groups is 1. The Kier molecular flexibility index (Phi) is 3.44. The number of nitrogens with one attached hydrogen (secondary N) is 1. The third-order valence-corrected chi connectivity index (χ3v) is 4.14. The van der Waals surface area contributed by atoms with E-state index >= 15 is 0 Å². The molecule has 3 N–H and O–H groups in total. The number of aromatic nitrogens is 1. The second kappa shape index (κ2) is 5.76. The van der Waals surface area contributed by atoms with E-state index in [9.17, 15) is 4.79 Å². The average Bonchev–Trinajstić information content (AvgIpc) is 2.66. The molecule has 0 saturated carbocycles. The first kappa shape index (κ1) is 14.4. The van der Waals surface area contributed by atoms with Gasteiger partial charge in [-0.25, -0.2) is 10.8 Å². The molecule has 0 unspecified atom stereocenters. The van der Waals surface area contributed by atoms with Gasteiger partial charge in [0.2, 0.25) is 0 Å². The predicted octanol–water partition coefficient (Wildman–Crippen LogP) is 3.66. The molecule has 1 amide bonds. The Hall–Kier alpha value is -3.24. The lowest BCUT2D eigenvalue weighted by Crippen LogP contribution is -2.30. The standard InChI is InChI=1S/C20H15N3O/c21-23-20(24)17-12-19(22-18-8-4-3-7-16(17)18)15-10-9-13-5-1-2-6-14(13)11-15/h1-12H,21H2,(H,23,24). The average molecular weight is 313 g/mol. The minimum absolute atomic E-state index is 0.323. The number of nitrogens with two attached hydrogens (primary N) is 1. The first-order valence-electron chi connectivity index (χ1n) is 7.66. The van der Waals surface area contributed by atoms with E-state index in [-0.39, 0.29) is 5.91 Å². The van der Waals surface area contributed by atoms with Crippen molar-refractivity contribution < 1.29 is 4.79 Å². The normalized spacial score (nSPS) is 10.9. The van der Waals surface area contributed by atoms with Crippen LogP contribution in [0.3, 0.4) is 0 Å². The highest BCUT2D eigenvalue weighted by Gasteiger charge is 2.13. The fraction of sp³-hybridized carbons (Fsp3) is 0. The molecule has 0 atom stereocenters. The Balaban J connectivity index is 1.96. The van der Waals surface area contributed by atoms with Crippen LogP contribution in [0.25, 0.3) is 32.9 Å². The van der Waals surface area contributed by atoms with Crippen LogP contribution in [-0.4, -0.2) is 10.9 Å². The summed E-state index contributed by atoms with van der Waals surface area (Å²) in [7, 11) is 0. The highest BCUT2D eigenvalue weighted by Crippen LogP contribution is 2.27. The first-order chi connectivity index (χ1) is 11.8. The summed E-state index contributed by atoms with van der Waals surface area (Å²) in [4.78, 5) is 16.9. The molecule has 0 fully saturated rings. The summed E-state index contributed by atoms with van der Waals surface area (Å²) in [6, 6.07) is 23.7. The predicted molar refractivity (Wildman–Crippen MR) is 96.3 cm³/mol. The largest absolute Gasteiger partial charge is 0.290 e. The molecular formula is C20H15N3O. The van der Waals surface area contributed by atoms with Gasteiger partial charge in [0.05, 0.1) is 16.8 Å². The van der Waals surface area contributed by atoms with Crippen molar-refractivity contribution in [2.24, 2.45) is 5.84 Å². The number of benzene rings is 3. The van der Waals surface area contributed by atoms with Gasteiger partial charge in [-0.05, 0) is 29.0 Å². The summed E-state index contributed by atoms with van der Waals surface area (Å²) in [6.45, 7) is 0. The monoisotopic (exact) mass is 313 g/mol. The smallest absolute Gasteiger partial charge is 0.265 e. The van der Waals surface area contributed by atoms with Crippen molar-refractivity contribution in [3.8, 4) is 11.3 Å². The molecule has 0 aliphatic rings. The summed E-state index contributed by atoms with van der Waals surface area (Å²) in [5.41, 5.74) is 5.21. The highest BCUT2D eigenvalue weighted by molar-refractivity contribution is 6.07. The zero-order valence-corrected chi connectivity index (χ0v) is 12.9. The van der Waals surface area contributed by atoms with Crippen LogP contribution in [0.15, 0.2) is 72.8 Å². The summed E-state index contributed by atoms with van der Waals surface area (Å²) in [5.74, 6) is 5.01. The SMILES string of the molecule is NNC(=O)c1cc(-c2ccc3ccccc3c2)nc2ccccc12. The molecule has 0 bridgehead atoms. The summed E-state index contributed by atoms with van der Waals surface area (Å²) in [6.07, 6.45) is 0. The number of rotatable bonds is 2. The number of nitrogens with zero attached hydrogens (tertiary/aromatic N) is 1. The molecular weight excluding hydrogens is 298 g/mol. The number of hydrazine groups is 1. The van der Waals surface area contributed by atoms with Gasteiger partial charge in [0.15, 0.2) is 0 Å². The molecule has 1 aromatic heterocycles. The topological polar surface area (TPSA) is 68.0 Å². The van der Waals surface area contributed by atoms with Gasteiger partial charge >= 0.3 is 0 Å². The third-order valence-electron chi connectivity index (χ3n) is 4.14. The number of fused-ring (bicyclic) bond motifs is 2. The maximum Gasteiger partial charge on any atom is 0.265 e. The van der Waals surface area contributed by atoms with Gasteiger partial charge in [0.25, 0.3) is 5.91 Å². The van der Waals surface area contributed by atoms with Crippen molar-refractivity contribution in [2.75, 3.05) is 0 Å². The zero-order valence-electron chi connectivity index (χ0n) is 12.9. The number of hydrogen-bond donors (Lipinski definition) is 2. The number of carbonyl (C=O) groups excluding carboxylic acids is 1. The van der Waals surface area contributed by atoms with E-state index in [1.54, 1.807) is 6.07 Å². The Morgan fingerprint density at radius 2 is 1.62 bits per heavy atom. The number of amides is 1. The van der Waals surface area contributed by atoms with Crippen LogP contribution in [0.4, 0.5) is 0 Å². The maximum absolute atomic E-state index is 12.2. The molecule has 0 aliphatic carbocycles. The highest BCUT2D eigenvalue weighted by atomic mass is 16.2. The molecule has 116 valence electrons. The molecule has 4 rings (SSSR count). The van der Waals surface area contributed by atoms with Crippen LogP contribution < -0.4 is 11.3 Å². The lowest BCUT2D eigenvalue weighted by Gasteiger charge is -2.09. The molecule has 4 aromatic rings. The number of para-hydroxylation sites is 1. The lowest BCUT2D eigenvalue weighted by molar-refractivity contribution is 0.0955. The van der Waals surface area contributed by atoms with E-state index in [4.69, 9.17) is 10.8 Å². The number of hydrogen-bond acceptors (Lipinski definition) is 3. The van der Waals surface area contributed by atoms with E-state index in [1.807, 2.05) is 42.5 Å². The van der Waals surface area contributed by atoms with Gasteiger partial charge in [-0.1, -0.05) is 54.6 Å². The Morgan fingerprint density at radius 1 is 0.875 bits per heavy atom. The fourth-order valence-electron chi connectivity index (χ4n) is 2.94. The third kappa shape index (κ3) is 2.39. The summed E-state index contributed by atoms with van der Waals surface area (Å²) >= 11 is 0. The van der Waals surface area contributed by atoms with Crippen molar-refractivity contribution >= 4 is 27.6 Å². The van der Waals surface area contributed by atoms with Crippen molar-refractivity contribution in [2.45, 2.75) is 0 Å². The molecule has 4 nitrogen and oxygen atoms in total. The molecule has 24 heavy (non-hydrogen) atoms. The van der Waals surface area contributed by atoms with Gasteiger partial charge in [0.1, 0.15) is 0 Å². The van der Waals surface area contributed by atoms with Crippen LogP contribution in [0.1, 0.15) is 10.4 Å². The van der Waals surface area contributed by atoms with E-state index in [2.05, 4.69) is 29.7 Å². The Morgan fingerprint density at radius 3 is 2.46 bits per heavy atom. The fourth-order valence-corrected chi connectivity index (χ4v) is 2.94. The van der Waals surface area contributed by atoms with Gasteiger partial charge in [-0.2, -0.15) is 0 Å². The van der Waals surface area contributed by atoms with E-state index < -0.39 is 0 Å². The quantitative estimate of drug-likeness (QED) is 0.337. The molecule has 1 heterocycles. The number of pyridine rings is 1. The van der Waals surface area contributed by atoms with Gasteiger partial charge in [-0.15, -0.1) is 0 Å². The minimum atomic E-state index is -0.323. The van der Waals surface area contributed by atoms with Crippen LogP contribution in [-0.2, 0) is 0 Å². The maximum atomic E-state index is 12.2. The molecule has 0 radical (unpaired) electrons. The molecule has 3 aromatic carbocycles. The summed E-state index contributed by atoms with van der Waals surface area (Å²) < 4.78 is 0. The molecule has 4 heteroatoms. The second-order valence-corrected chi connectivity index (χ2v) is 5.61. The first-order valence-corrected chi connectivity index (χ1v) is 7.66. The molecule has 0 saturated heterocycles. The Labute approximate surface area is 138 Å². The Bertz CT molecular complexity index is 1070. The van der Waals surface area contributed by atoms with Gasteiger partial charge in [-0.3, -0.25) is 10.2 Å². The van der Waals surface area contributed by atoms with Gasteiger partial charge in [0, 0.05) is 10.9 Å². The van der Waals surface area contributed by atoms with E-state index in [1.165, 1.54) is 5.39 Å². The van der Waals surface area contributed by atoms with E-state index in [0.29, 0.717) is 5.56 Å².